The number of fused-ring (bicyclic) bond motifs is 1. The van der Waals surface area contributed by atoms with Crippen LogP contribution in [0, 0.1) is 6.92 Å². The molecular weight excluding hydrogens is 428 g/mol. The van der Waals surface area contributed by atoms with E-state index in [-0.39, 0.29) is 18.1 Å². The van der Waals surface area contributed by atoms with E-state index in [0.29, 0.717) is 18.7 Å². The van der Waals surface area contributed by atoms with Crippen LogP contribution in [-0.4, -0.2) is 68.0 Å². The number of anilines is 2. The summed E-state index contributed by atoms with van der Waals surface area (Å²) in [6.45, 7) is 11.4. The number of aryl methyl sites for hydroxylation is 1. The van der Waals surface area contributed by atoms with Crippen molar-refractivity contribution in [2.75, 3.05) is 49.1 Å². The fraction of sp³-hybridized carbons (Fsp3) is 0.481. The summed E-state index contributed by atoms with van der Waals surface area (Å²) >= 11 is 0. The van der Waals surface area contributed by atoms with Crippen molar-refractivity contribution < 1.29 is 14.4 Å². The van der Waals surface area contributed by atoms with Gasteiger partial charge in [-0.3, -0.25) is 9.69 Å². The topological polar surface area (TPSA) is 57.6 Å². The molecule has 1 fully saturated rings. The quantitative estimate of drug-likeness (QED) is 0.656. The molecule has 0 saturated carbocycles. The fourth-order valence-corrected chi connectivity index (χ4v) is 5.08. The first kappa shape index (κ1) is 22.7. The summed E-state index contributed by atoms with van der Waals surface area (Å²) < 4.78 is 6.01. The number of ether oxygens (including phenoxy) is 1. The summed E-state index contributed by atoms with van der Waals surface area (Å²) in [5, 5.41) is 4.19. The molecule has 1 unspecified atom stereocenters. The average molecular weight is 463 g/mol. The van der Waals surface area contributed by atoms with Crippen molar-refractivity contribution in [1.29, 1.82) is 0 Å². The monoisotopic (exact) mass is 462 g/mol. The largest absolute Gasteiger partial charge is 0.489 e. The third kappa shape index (κ3) is 4.75. The summed E-state index contributed by atoms with van der Waals surface area (Å²) in [6, 6.07) is 14.6. The Morgan fingerprint density at radius 1 is 1.09 bits per heavy atom. The lowest BCUT2D eigenvalue weighted by atomic mass is 10.1. The van der Waals surface area contributed by atoms with E-state index >= 15 is 0 Å². The summed E-state index contributed by atoms with van der Waals surface area (Å²) in [7, 11) is 0. The highest BCUT2D eigenvalue weighted by atomic mass is 16.6. The molecule has 0 bridgehead atoms. The van der Waals surface area contributed by atoms with Crippen LogP contribution in [0.3, 0.4) is 0 Å². The highest BCUT2D eigenvalue weighted by Crippen LogP contribution is 2.31. The summed E-state index contributed by atoms with van der Waals surface area (Å²) in [5.41, 5.74) is 5.18. The lowest BCUT2D eigenvalue weighted by molar-refractivity contribution is -0.112. The van der Waals surface area contributed by atoms with Crippen LogP contribution in [0.1, 0.15) is 31.4 Å². The average Bonchev–Trinajstić information content (AvgIpc) is 3.46. The normalized spacial score (nSPS) is 20.4. The van der Waals surface area contributed by atoms with Crippen molar-refractivity contribution >= 4 is 23.0 Å². The molecule has 3 heterocycles. The van der Waals surface area contributed by atoms with Gasteiger partial charge in [-0.2, -0.15) is 0 Å². The zero-order valence-corrected chi connectivity index (χ0v) is 20.4. The standard InChI is InChI=1S/C27H34N4O3/c1-19(2)33-26-7-5-4-6-25(26)30-14-12-29(13-15-30)18-22-17-23(28-34-22)27(32)31-11-10-21-16-20(3)8-9-24(21)31/h4-9,16,19,22H,10-15,17-18H2,1-3H3. The van der Waals surface area contributed by atoms with E-state index in [0.717, 1.165) is 56.3 Å². The van der Waals surface area contributed by atoms with Crippen molar-refractivity contribution in [2.45, 2.75) is 45.8 Å². The predicted octanol–water partition coefficient (Wildman–Crippen LogP) is 3.64. The van der Waals surface area contributed by atoms with Crippen molar-refractivity contribution in [3.05, 3.63) is 53.6 Å². The number of oxime groups is 1. The van der Waals surface area contributed by atoms with E-state index in [4.69, 9.17) is 9.57 Å². The van der Waals surface area contributed by atoms with Gasteiger partial charge in [-0.25, -0.2) is 0 Å². The second-order valence-electron chi connectivity index (χ2n) is 9.73. The second kappa shape index (κ2) is 9.66. The molecular formula is C27H34N4O3. The highest BCUT2D eigenvalue weighted by molar-refractivity contribution is 6.44. The van der Waals surface area contributed by atoms with E-state index in [9.17, 15) is 4.79 Å². The summed E-state index contributed by atoms with van der Waals surface area (Å²) in [5.74, 6) is 0.928. The Kier molecular flexibility index (Phi) is 6.46. The van der Waals surface area contributed by atoms with Gasteiger partial charge < -0.3 is 19.4 Å². The number of rotatable bonds is 6. The van der Waals surface area contributed by atoms with Crippen LogP contribution in [0.15, 0.2) is 47.6 Å². The van der Waals surface area contributed by atoms with Crippen molar-refractivity contribution in [3.63, 3.8) is 0 Å². The first-order chi connectivity index (χ1) is 16.5. The van der Waals surface area contributed by atoms with Gasteiger partial charge in [0.15, 0.2) is 0 Å². The van der Waals surface area contributed by atoms with Crippen LogP contribution >= 0.6 is 0 Å². The number of hydrogen-bond donors (Lipinski definition) is 0. The minimum Gasteiger partial charge on any atom is -0.489 e. The maximum atomic E-state index is 13.1. The number of nitrogens with zero attached hydrogens (tertiary/aromatic N) is 4. The number of para-hydroxylation sites is 2. The van der Waals surface area contributed by atoms with Gasteiger partial charge in [-0.1, -0.05) is 35.0 Å². The number of hydrogen-bond acceptors (Lipinski definition) is 6. The van der Waals surface area contributed by atoms with Crippen LogP contribution < -0.4 is 14.5 Å². The number of carbonyl (C=O) groups excluding carboxylic acids is 1. The molecule has 0 N–H and O–H groups in total. The van der Waals surface area contributed by atoms with Gasteiger partial charge in [0, 0.05) is 51.4 Å². The van der Waals surface area contributed by atoms with Crippen molar-refractivity contribution in [2.24, 2.45) is 5.16 Å². The third-order valence-corrected chi connectivity index (χ3v) is 6.76. The number of benzene rings is 2. The fourth-order valence-electron chi connectivity index (χ4n) is 5.08. The first-order valence-electron chi connectivity index (χ1n) is 12.3. The Bertz CT molecular complexity index is 1080. The van der Waals surface area contributed by atoms with Gasteiger partial charge >= 0.3 is 0 Å². The maximum Gasteiger partial charge on any atom is 0.276 e. The zero-order valence-electron chi connectivity index (χ0n) is 20.4. The minimum atomic E-state index is -0.0675. The first-order valence-corrected chi connectivity index (χ1v) is 12.3. The predicted molar refractivity (Wildman–Crippen MR) is 135 cm³/mol. The van der Waals surface area contributed by atoms with Crippen LogP contribution in [0.4, 0.5) is 11.4 Å². The Morgan fingerprint density at radius 3 is 2.68 bits per heavy atom. The summed E-state index contributed by atoms with van der Waals surface area (Å²) in [6.07, 6.45) is 1.55. The van der Waals surface area contributed by atoms with Crippen LogP contribution in [0.2, 0.25) is 0 Å². The van der Waals surface area contributed by atoms with E-state index in [2.05, 4.69) is 60.0 Å². The lowest BCUT2D eigenvalue weighted by Crippen LogP contribution is -2.48. The van der Waals surface area contributed by atoms with Gasteiger partial charge in [0.25, 0.3) is 5.91 Å². The van der Waals surface area contributed by atoms with Crippen molar-refractivity contribution in [1.82, 2.24) is 4.90 Å². The second-order valence-corrected chi connectivity index (χ2v) is 9.73. The lowest BCUT2D eigenvalue weighted by Gasteiger charge is -2.37. The highest BCUT2D eigenvalue weighted by Gasteiger charge is 2.34. The van der Waals surface area contributed by atoms with E-state index in [1.165, 1.54) is 11.1 Å². The Hall–Kier alpha value is -3.06. The minimum absolute atomic E-state index is 0.0170. The number of amides is 1. The van der Waals surface area contributed by atoms with Crippen LogP contribution in [0.25, 0.3) is 0 Å². The molecule has 0 radical (unpaired) electrons. The van der Waals surface area contributed by atoms with Crippen LogP contribution in [-0.2, 0) is 16.1 Å². The van der Waals surface area contributed by atoms with Gasteiger partial charge in [0.05, 0.1) is 11.8 Å². The summed E-state index contributed by atoms with van der Waals surface area (Å²) in [4.78, 5) is 25.5. The van der Waals surface area contributed by atoms with Crippen LogP contribution in [0.5, 0.6) is 5.75 Å². The molecule has 1 amide bonds. The molecule has 1 atom stereocenters. The number of piperazine rings is 1. The molecule has 3 aliphatic heterocycles. The van der Waals surface area contributed by atoms with Gasteiger partial charge in [-0.15, -0.1) is 0 Å². The van der Waals surface area contributed by atoms with Gasteiger partial charge in [0.1, 0.15) is 17.6 Å². The molecule has 7 nitrogen and oxygen atoms in total. The molecule has 2 aromatic carbocycles. The Morgan fingerprint density at radius 2 is 1.88 bits per heavy atom. The number of carbonyl (C=O) groups is 1. The smallest absolute Gasteiger partial charge is 0.276 e. The van der Waals surface area contributed by atoms with Gasteiger partial charge in [0.2, 0.25) is 0 Å². The third-order valence-electron chi connectivity index (χ3n) is 6.76. The Labute approximate surface area is 201 Å². The molecule has 1 saturated heterocycles. The van der Waals surface area contributed by atoms with E-state index in [1.54, 1.807) is 0 Å². The molecule has 3 aliphatic rings. The molecule has 34 heavy (non-hydrogen) atoms. The Balaban J connectivity index is 1.13. The molecule has 2 aromatic rings. The zero-order chi connectivity index (χ0) is 23.7. The molecule has 180 valence electrons. The molecule has 0 spiro atoms. The molecule has 7 heteroatoms. The van der Waals surface area contributed by atoms with E-state index in [1.807, 2.05) is 23.1 Å². The molecule has 5 rings (SSSR count). The SMILES string of the molecule is Cc1ccc2c(c1)CCN2C(=O)C1=NOC(CN2CCN(c3ccccc3OC(C)C)CC2)C1. The van der Waals surface area contributed by atoms with E-state index < -0.39 is 0 Å². The van der Waals surface area contributed by atoms with Gasteiger partial charge in [-0.05, 0) is 51.0 Å². The molecule has 0 aliphatic carbocycles. The van der Waals surface area contributed by atoms with Crippen molar-refractivity contribution in [3.8, 4) is 5.75 Å². The molecule has 0 aromatic heterocycles. The maximum absolute atomic E-state index is 13.1.